The average Bonchev–Trinajstić information content (AvgIpc) is 2.64. The second kappa shape index (κ2) is 9.33. The molecule has 0 bridgehead atoms. The maximum Gasteiger partial charge on any atom is 0.413 e. The van der Waals surface area contributed by atoms with E-state index in [0.29, 0.717) is 29.8 Å². The zero-order chi connectivity index (χ0) is 23.7. The highest BCUT2D eigenvalue weighted by Gasteiger charge is 2.58. The number of amidine groups is 1. The van der Waals surface area contributed by atoms with Crippen LogP contribution in [0.15, 0.2) is 21.7 Å². The number of pyridine rings is 1. The molecule has 0 aliphatic carbocycles. The van der Waals surface area contributed by atoms with Crippen LogP contribution in [0.4, 0.5) is 9.18 Å². The molecule has 0 saturated heterocycles. The normalized spacial score (nSPS) is 25.7. The zero-order valence-corrected chi connectivity index (χ0v) is 21.6. The average molecular weight is 518 g/mol. The van der Waals surface area contributed by atoms with Crippen molar-refractivity contribution in [2.45, 2.75) is 75.1 Å². The molecule has 10 heteroatoms. The molecule has 1 aromatic rings. The summed E-state index contributed by atoms with van der Waals surface area (Å²) in [4.78, 5) is 21.2. The van der Waals surface area contributed by atoms with E-state index in [0.717, 1.165) is 0 Å². The number of nitrogens with two attached hydrogens (primary N) is 1. The third-order valence-electron chi connectivity index (χ3n) is 5.15. The van der Waals surface area contributed by atoms with Gasteiger partial charge in [-0.3, -0.25) is 10.3 Å². The molecule has 1 aromatic heterocycles. The third kappa shape index (κ3) is 5.58. The van der Waals surface area contributed by atoms with Gasteiger partial charge in [-0.15, -0.1) is 11.8 Å². The number of aliphatic imine (C=N–C) groups is 1. The second-order valence-corrected chi connectivity index (χ2v) is 11.9. The Morgan fingerprint density at radius 3 is 2.52 bits per heavy atom. The number of ether oxygens (including phenoxy) is 1. The Bertz CT molecular complexity index is 861. The maximum atomic E-state index is 15.1. The van der Waals surface area contributed by atoms with E-state index >= 15 is 4.39 Å². The summed E-state index contributed by atoms with van der Waals surface area (Å²) in [6, 6.07) is 2.91. The lowest BCUT2D eigenvalue weighted by Crippen LogP contribution is -2.64. The maximum absolute atomic E-state index is 15.1. The first-order chi connectivity index (χ1) is 14.2. The van der Waals surface area contributed by atoms with Crippen molar-refractivity contribution in [3.05, 3.63) is 28.2 Å². The van der Waals surface area contributed by atoms with Gasteiger partial charge in [-0.25, -0.2) is 14.2 Å². The van der Waals surface area contributed by atoms with Crippen LogP contribution >= 0.6 is 27.7 Å². The van der Waals surface area contributed by atoms with Gasteiger partial charge >= 0.3 is 6.09 Å². The number of halogens is 2. The van der Waals surface area contributed by atoms with Gasteiger partial charge in [-0.2, -0.15) is 0 Å². The van der Waals surface area contributed by atoms with E-state index in [1.165, 1.54) is 6.07 Å². The van der Waals surface area contributed by atoms with E-state index in [4.69, 9.17) is 15.5 Å². The van der Waals surface area contributed by atoms with Crippen molar-refractivity contribution in [3.8, 4) is 0 Å². The lowest BCUT2D eigenvalue weighted by molar-refractivity contribution is 0.0560. The number of rotatable bonds is 5. The van der Waals surface area contributed by atoms with Gasteiger partial charge in [0, 0.05) is 0 Å². The number of alkyl carbamates (subject to hydrolysis) is 1. The molecule has 31 heavy (non-hydrogen) atoms. The Morgan fingerprint density at radius 2 is 1.97 bits per heavy atom. The van der Waals surface area contributed by atoms with Gasteiger partial charge in [0.25, 0.3) is 0 Å². The predicted molar refractivity (Wildman–Crippen MR) is 128 cm³/mol. The Morgan fingerprint density at radius 1 is 1.32 bits per heavy atom. The summed E-state index contributed by atoms with van der Waals surface area (Å²) in [7, 11) is 1.83. The van der Waals surface area contributed by atoms with Crippen molar-refractivity contribution < 1.29 is 13.9 Å². The van der Waals surface area contributed by atoms with Gasteiger partial charge < -0.3 is 15.8 Å². The molecule has 1 aliphatic rings. The van der Waals surface area contributed by atoms with Crippen molar-refractivity contribution in [2.75, 3.05) is 13.6 Å². The number of hydrogen-bond donors (Lipinski definition) is 3. The number of nitrogens with zero attached hydrogens (tertiary/aromatic N) is 2. The van der Waals surface area contributed by atoms with Crippen LogP contribution in [0.25, 0.3) is 0 Å². The molecule has 174 valence electrons. The predicted octanol–water partition coefficient (Wildman–Crippen LogP) is 4.30. The number of hydrogen-bond acceptors (Lipinski definition) is 7. The van der Waals surface area contributed by atoms with E-state index < -0.39 is 32.7 Å². The summed E-state index contributed by atoms with van der Waals surface area (Å²) in [5.74, 6) is -0.0761. The molecule has 2 heterocycles. The molecule has 1 amide bonds. The minimum absolute atomic E-state index is 0.180. The van der Waals surface area contributed by atoms with Crippen molar-refractivity contribution in [3.63, 3.8) is 0 Å². The van der Waals surface area contributed by atoms with Crippen LogP contribution in [-0.2, 0) is 10.3 Å². The highest BCUT2D eigenvalue weighted by Crippen LogP contribution is 2.54. The Balaban J connectivity index is 2.68. The van der Waals surface area contributed by atoms with E-state index in [1.807, 2.05) is 27.8 Å². The van der Waals surface area contributed by atoms with E-state index in [-0.39, 0.29) is 5.69 Å². The SMILES string of the molecule is CN[C@@]1(CCCN)SC(C)(C)C(NC(=O)OC(C)(C)C)=N[C@]1(C)c1nc(Br)ccc1F. The first kappa shape index (κ1) is 26.0. The second-order valence-electron chi connectivity index (χ2n) is 9.21. The van der Waals surface area contributed by atoms with Crippen LogP contribution < -0.4 is 16.4 Å². The number of carbonyl (C=O) groups is 1. The molecule has 0 unspecified atom stereocenters. The molecule has 4 N–H and O–H groups in total. The minimum Gasteiger partial charge on any atom is -0.444 e. The third-order valence-corrected chi connectivity index (χ3v) is 7.45. The van der Waals surface area contributed by atoms with Crippen molar-refractivity contribution >= 4 is 39.6 Å². The number of likely N-dealkylation sites (N-methyl/N-ethyl adjacent to an activating group) is 1. The van der Waals surface area contributed by atoms with Crippen LogP contribution in [0.3, 0.4) is 0 Å². The van der Waals surface area contributed by atoms with Gasteiger partial charge in [0.1, 0.15) is 33.1 Å². The highest BCUT2D eigenvalue weighted by molar-refractivity contribution is 9.10. The van der Waals surface area contributed by atoms with Crippen molar-refractivity contribution in [2.24, 2.45) is 10.7 Å². The van der Waals surface area contributed by atoms with Crippen molar-refractivity contribution in [1.82, 2.24) is 15.6 Å². The summed E-state index contributed by atoms with van der Waals surface area (Å²) in [5.41, 5.74) is 4.19. The molecule has 0 fully saturated rings. The molecule has 1 aliphatic heterocycles. The minimum atomic E-state index is -1.14. The Hall–Kier alpha value is -1.23. The summed E-state index contributed by atoms with van der Waals surface area (Å²) >= 11 is 4.92. The van der Waals surface area contributed by atoms with E-state index in [1.54, 1.807) is 38.6 Å². The van der Waals surface area contributed by atoms with Gasteiger partial charge in [0.2, 0.25) is 0 Å². The van der Waals surface area contributed by atoms with E-state index in [2.05, 4.69) is 31.5 Å². The summed E-state index contributed by atoms with van der Waals surface area (Å²) in [6.07, 6.45) is 0.727. The fraction of sp³-hybridized carbons (Fsp3) is 0.667. The molecule has 0 saturated carbocycles. The zero-order valence-electron chi connectivity index (χ0n) is 19.2. The largest absolute Gasteiger partial charge is 0.444 e. The summed E-state index contributed by atoms with van der Waals surface area (Å²) < 4.78 is 20.4. The molecule has 0 radical (unpaired) electrons. The quantitative estimate of drug-likeness (QED) is 0.503. The van der Waals surface area contributed by atoms with Crippen LogP contribution in [0.2, 0.25) is 0 Å². The molecular weight excluding hydrogens is 485 g/mol. The summed E-state index contributed by atoms with van der Waals surface area (Å²) in [5, 5.41) is 6.19. The van der Waals surface area contributed by atoms with Gasteiger partial charge in [-0.05, 0) is 96.0 Å². The summed E-state index contributed by atoms with van der Waals surface area (Å²) in [6.45, 7) is 11.6. The molecule has 7 nitrogen and oxygen atoms in total. The number of amides is 1. The van der Waals surface area contributed by atoms with Gasteiger partial charge in [-0.1, -0.05) is 0 Å². The smallest absolute Gasteiger partial charge is 0.413 e. The fourth-order valence-corrected chi connectivity index (χ4v) is 5.74. The van der Waals surface area contributed by atoms with Gasteiger partial charge in [0.05, 0.1) is 9.62 Å². The fourth-order valence-electron chi connectivity index (χ4n) is 3.68. The standard InChI is InChI=1S/C21H33BrFN5O2S/c1-18(2,3)30-17(29)27-16-19(4,5)31-21(25-7,11-8-12-24)20(6,28-16)15-13(23)9-10-14(22)26-15/h9-10,25H,8,11-12,24H2,1-7H3,(H,27,28,29)/t20-,21+/m1/s1. The van der Waals surface area contributed by atoms with Gasteiger partial charge in [0.15, 0.2) is 0 Å². The number of nitrogens with one attached hydrogen (secondary N) is 2. The van der Waals surface area contributed by atoms with Crippen LogP contribution in [0, 0.1) is 5.82 Å². The molecular formula is C21H33BrFN5O2S. The Kier molecular flexibility index (Phi) is 7.83. The highest BCUT2D eigenvalue weighted by atomic mass is 79.9. The number of thioether (sulfide) groups is 1. The lowest BCUT2D eigenvalue weighted by Gasteiger charge is -2.53. The van der Waals surface area contributed by atoms with Crippen LogP contribution in [0.1, 0.15) is 60.1 Å². The first-order valence-electron chi connectivity index (χ1n) is 10.2. The lowest BCUT2D eigenvalue weighted by atomic mass is 9.83. The van der Waals surface area contributed by atoms with Crippen LogP contribution in [-0.4, -0.2) is 45.7 Å². The molecule has 0 spiro atoms. The molecule has 2 atom stereocenters. The monoisotopic (exact) mass is 517 g/mol. The van der Waals surface area contributed by atoms with Crippen molar-refractivity contribution in [1.29, 1.82) is 0 Å². The Labute approximate surface area is 196 Å². The molecule has 0 aromatic carbocycles. The van der Waals surface area contributed by atoms with Crippen LogP contribution in [0.5, 0.6) is 0 Å². The molecule has 2 rings (SSSR count). The first-order valence-corrected chi connectivity index (χ1v) is 11.8. The van der Waals surface area contributed by atoms with E-state index in [9.17, 15) is 4.79 Å². The number of carbonyl (C=O) groups excluding carboxylic acids is 1. The number of aromatic nitrogens is 1. The topological polar surface area (TPSA) is 102 Å².